The number of rotatable bonds is 7. The molecule has 0 spiro atoms. The van der Waals surface area contributed by atoms with Crippen molar-refractivity contribution in [3.05, 3.63) is 83.2 Å². The number of carbonyl (C=O) groups excluding carboxylic acids is 2. The number of nitrogens with zero attached hydrogens (tertiary/aromatic N) is 3. The highest BCUT2D eigenvalue weighted by Gasteiger charge is 2.37. The number of carbonyl (C=O) groups is 2. The molecule has 4 heterocycles. The van der Waals surface area contributed by atoms with Crippen LogP contribution in [0, 0.1) is 5.92 Å². The summed E-state index contributed by atoms with van der Waals surface area (Å²) in [5.41, 5.74) is 2.55. The van der Waals surface area contributed by atoms with Crippen molar-refractivity contribution < 1.29 is 14.3 Å². The van der Waals surface area contributed by atoms with Gasteiger partial charge >= 0.3 is 5.97 Å². The molecular formula is C28H29N3O4S2. The lowest BCUT2D eigenvalue weighted by Crippen LogP contribution is -2.40. The summed E-state index contributed by atoms with van der Waals surface area (Å²) in [6, 6.07) is 10.8. The van der Waals surface area contributed by atoms with Crippen LogP contribution in [0.3, 0.4) is 0 Å². The van der Waals surface area contributed by atoms with Crippen LogP contribution in [0.2, 0.25) is 0 Å². The largest absolute Gasteiger partial charge is 0.462 e. The summed E-state index contributed by atoms with van der Waals surface area (Å²) >= 11 is 2.68. The number of hydrogen-bond donors (Lipinski definition) is 0. The standard InChI is InChI=1S/C28H29N3O4S2/c1-5-6-13-30-19-11-8-7-10-18(19)22(25(30)32)24-26(33)31-23(20-12-9-14-36-20)21(17(4)29-28(31)37-24)27(34)35-15-16(2)3/h7-12,14,16,23H,5-6,13,15H2,1-4H3/b24-22-. The van der Waals surface area contributed by atoms with Gasteiger partial charge in [-0.15, -0.1) is 11.3 Å². The van der Waals surface area contributed by atoms with Crippen molar-refractivity contribution in [3.63, 3.8) is 0 Å². The maximum Gasteiger partial charge on any atom is 0.338 e. The van der Waals surface area contributed by atoms with Crippen LogP contribution in [0.5, 0.6) is 0 Å². The van der Waals surface area contributed by atoms with Gasteiger partial charge in [-0.3, -0.25) is 14.2 Å². The number of ether oxygens (including phenoxy) is 1. The molecule has 9 heteroatoms. The van der Waals surface area contributed by atoms with E-state index in [-0.39, 0.29) is 24.0 Å². The summed E-state index contributed by atoms with van der Waals surface area (Å²) in [5, 5.41) is 1.92. The van der Waals surface area contributed by atoms with E-state index < -0.39 is 12.0 Å². The molecule has 0 fully saturated rings. The molecule has 5 rings (SSSR count). The first-order chi connectivity index (χ1) is 17.8. The Labute approximate surface area is 223 Å². The third-order valence-electron chi connectivity index (χ3n) is 6.46. The van der Waals surface area contributed by atoms with E-state index in [1.807, 2.05) is 55.6 Å². The van der Waals surface area contributed by atoms with Gasteiger partial charge in [0.15, 0.2) is 4.80 Å². The van der Waals surface area contributed by atoms with Gasteiger partial charge in [-0.1, -0.05) is 62.8 Å². The molecule has 2 aliphatic heterocycles. The van der Waals surface area contributed by atoms with E-state index in [0.717, 1.165) is 29.0 Å². The van der Waals surface area contributed by atoms with Crippen molar-refractivity contribution in [3.8, 4) is 0 Å². The molecule has 1 unspecified atom stereocenters. The molecular weight excluding hydrogens is 506 g/mol. The Morgan fingerprint density at radius 1 is 1.16 bits per heavy atom. The Kier molecular flexibility index (Phi) is 7.00. The van der Waals surface area contributed by atoms with E-state index in [2.05, 4.69) is 11.9 Å². The SMILES string of the molecule is CCCCN1C(=O)/C(=c2\sc3n(c2=O)C(c2cccs2)C(C(=O)OCC(C)C)=C(C)N=3)c2ccccc21. The predicted molar refractivity (Wildman–Crippen MR) is 147 cm³/mol. The number of unbranched alkanes of at least 4 members (excludes halogenated alkanes) is 1. The lowest BCUT2D eigenvalue weighted by atomic mass is 10.0. The zero-order chi connectivity index (χ0) is 26.3. The van der Waals surface area contributed by atoms with Crippen LogP contribution in [-0.2, 0) is 14.3 Å². The van der Waals surface area contributed by atoms with E-state index in [1.54, 1.807) is 16.4 Å². The lowest BCUT2D eigenvalue weighted by molar-refractivity contribution is -0.140. The Bertz CT molecular complexity index is 1580. The highest BCUT2D eigenvalue weighted by atomic mass is 32.1. The molecule has 0 radical (unpaired) electrons. The van der Waals surface area contributed by atoms with Crippen LogP contribution in [0.1, 0.15) is 57.0 Å². The number of thiophene rings is 1. The minimum atomic E-state index is -0.659. The summed E-state index contributed by atoms with van der Waals surface area (Å²) < 4.78 is 7.49. The Morgan fingerprint density at radius 2 is 1.95 bits per heavy atom. The first-order valence-electron chi connectivity index (χ1n) is 12.5. The summed E-state index contributed by atoms with van der Waals surface area (Å²) in [6.45, 7) is 8.68. The number of amides is 1. The molecule has 2 aliphatic rings. The minimum Gasteiger partial charge on any atom is -0.462 e. The summed E-state index contributed by atoms with van der Waals surface area (Å²) in [7, 11) is 0. The number of allylic oxidation sites excluding steroid dienone is 1. The zero-order valence-corrected chi connectivity index (χ0v) is 22.9. The number of fused-ring (bicyclic) bond motifs is 2. The molecule has 3 aromatic rings. The second kappa shape index (κ2) is 10.2. The van der Waals surface area contributed by atoms with Crippen LogP contribution >= 0.6 is 22.7 Å². The van der Waals surface area contributed by atoms with Gasteiger partial charge in [0, 0.05) is 17.0 Å². The number of hydrogen-bond acceptors (Lipinski definition) is 7. The van der Waals surface area contributed by atoms with Gasteiger partial charge in [-0.05, 0) is 36.8 Å². The van der Waals surface area contributed by atoms with E-state index in [0.29, 0.717) is 32.7 Å². The van der Waals surface area contributed by atoms with Gasteiger partial charge in [0.25, 0.3) is 11.5 Å². The van der Waals surface area contributed by atoms with Crippen LogP contribution in [-0.4, -0.2) is 29.6 Å². The van der Waals surface area contributed by atoms with Crippen molar-refractivity contribution in [2.45, 2.75) is 46.6 Å². The molecule has 0 saturated heterocycles. The van der Waals surface area contributed by atoms with Gasteiger partial charge in [-0.25, -0.2) is 9.79 Å². The summed E-state index contributed by atoms with van der Waals surface area (Å²) in [5.74, 6) is -0.462. The smallest absolute Gasteiger partial charge is 0.338 e. The Hall–Kier alpha value is -3.30. The number of aromatic nitrogens is 1. The topological polar surface area (TPSA) is 81.0 Å². The van der Waals surface area contributed by atoms with E-state index >= 15 is 0 Å². The van der Waals surface area contributed by atoms with Gasteiger partial charge in [0.05, 0.1) is 29.1 Å². The predicted octanol–water partition coefficient (Wildman–Crippen LogP) is 4.01. The molecule has 0 N–H and O–H groups in total. The summed E-state index contributed by atoms with van der Waals surface area (Å²) in [4.78, 5) is 48.7. The molecule has 1 amide bonds. The van der Waals surface area contributed by atoms with E-state index in [1.165, 1.54) is 22.7 Å². The first kappa shape index (κ1) is 25.4. The lowest BCUT2D eigenvalue weighted by Gasteiger charge is -2.23. The van der Waals surface area contributed by atoms with E-state index in [9.17, 15) is 14.4 Å². The fraction of sp³-hybridized carbons (Fsp3) is 0.357. The van der Waals surface area contributed by atoms with Crippen molar-refractivity contribution in [2.24, 2.45) is 10.9 Å². The fourth-order valence-electron chi connectivity index (χ4n) is 4.71. The normalized spacial score (nSPS) is 18.2. The van der Waals surface area contributed by atoms with Gasteiger partial charge in [0.2, 0.25) is 0 Å². The number of para-hydroxylation sites is 1. The quantitative estimate of drug-likeness (QED) is 0.428. The first-order valence-corrected chi connectivity index (χ1v) is 14.2. The Morgan fingerprint density at radius 3 is 2.65 bits per heavy atom. The molecule has 0 bridgehead atoms. The van der Waals surface area contributed by atoms with Crippen molar-refractivity contribution >= 4 is 45.8 Å². The average Bonchev–Trinajstić information content (AvgIpc) is 3.58. The molecule has 0 saturated carbocycles. The molecule has 0 aliphatic carbocycles. The molecule has 37 heavy (non-hydrogen) atoms. The average molecular weight is 536 g/mol. The van der Waals surface area contributed by atoms with E-state index in [4.69, 9.17) is 4.74 Å². The number of benzene rings is 1. The number of esters is 1. The monoisotopic (exact) mass is 535 g/mol. The maximum absolute atomic E-state index is 14.1. The highest BCUT2D eigenvalue weighted by molar-refractivity contribution is 7.10. The third-order valence-corrected chi connectivity index (χ3v) is 8.44. The molecule has 192 valence electrons. The van der Waals surface area contributed by atoms with Gasteiger partial charge < -0.3 is 9.64 Å². The zero-order valence-electron chi connectivity index (χ0n) is 21.3. The maximum atomic E-state index is 14.1. The second-order valence-electron chi connectivity index (χ2n) is 9.61. The summed E-state index contributed by atoms with van der Waals surface area (Å²) in [6.07, 6.45) is 1.83. The van der Waals surface area contributed by atoms with Crippen molar-refractivity contribution in [1.29, 1.82) is 0 Å². The molecule has 7 nitrogen and oxygen atoms in total. The number of anilines is 1. The third kappa shape index (κ3) is 4.40. The fourth-order valence-corrected chi connectivity index (χ4v) is 6.67. The van der Waals surface area contributed by atoms with Crippen molar-refractivity contribution in [1.82, 2.24) is 4.57 Å². The van der Waals surface area contributed by atoms with Gasteiger partial charge in [0.1, 0.15) is 10.6 Å². The van der Waals surface area contributed by atoms with Crippen LogP contribution in [0.15, 0.2) is 62.8 Å². The second-order valence-corrected chi connectivity index (χ2v) is 11.6. The minimum absolute atomic E-state index is 0.167. The van der Waals surface area contributed by atoms with Crippen LogP contribution in [0.4, 0.5) is 5.69 Å². The molecule has 1 aromatic carbocycles. The highest BCUT2D eigenvalue weighted by Crippen LogP contribution is 2.36. The molecule has 1 atom stereocenters. The van der Waals surface area contributed by atoms with Crippen molar-refractivity contribution in [2.75, 3.05) is 18.1 Å². The van der Waals surface area contributed by atoms with Gasteiger partial charge in [-0.2, -0.15) is 0 Å². The number of thiazole rings is 1. The Balaban J connectivity index is 1.72. The molecule has 2 aromatic heterocycles. The van der Waals surface area contributed by atoms with Crippen LogP contribution < -0.4 is 19.8 Å². The van der Waals surface area contributed by atoms with Crippen LogP contribution in [0.25, 0.3) is 5.57 Å².